The van der Waals surface area contributed by atoms with E-state index >= 15 is 0 Å². The third-order valence-electron chi connectivity index (χ3n) is 3.89. The monoisotopic (exact) mass is 347 g/mol. The van der Waals surface area contributed by atoms with Crippen LogP contribution in [0.5, 0.6) is 5.75 Å². The summed E-state index contributed by atoms with van der Waals surface area (Å²) < 4.78 is 5.75. The molecule has 0 atom stereocenters. The number of benzene rings is 1. The van der Waals surface area contributed by atoms with Crippen LogP contribution >= 0.6 is 0 Å². The first-order valence-corrected chi connectivity index (χ1v) is 8.42. The van der Waals surface area contributed by atoms with Crippen LogP contribution in [0.15, 0.2) is 24.3 Å². The van der Waals surface area contributed by atoms with Crippen LogP contribution in [0.3, 0.4) is 0 Å². The van der Waals surface area contributed by atoms with Crippen molar-refractivity contribution in [2.24, 2.45) is 0 Å². The lowest BCUT2D eigenvalue weighted by atomic mass is 10.0. The van der Waals surface area contributed by atoms with Gasteiger partial charge in [0.2, 0.25) is 11.8 Å². The molecule has 7 nitrogen and oxygen atoms in total. The number of para-hydroxylation sites is 2. The number of rotatable bonds is 7. The van der Waals surface area contributed by atoms with Gasteiger partial charge in [-0.25, -0.2) is 0 Å². The third-order valence-corrected chi connectivity index (χ3v) is 3.89. The Hall–Kier alpha value is -2.57. The third kappa shape index (κ3) is 4.95. The molecule has 0 unspecified atom stereocenters. The first-order chi connectivity index (χ1) is 11.8. The highest BCUT2D eigenvalue weighted by molar-refractivity contribution is 6.02. The van der Waals surface area contributed by atoms with E-state index in [1.165, 1.54) is 6.92 Å². The van der Waals surface area contributed by atoms with Gasteiger partial charge in [-0.2, -0.15) is 0 Å². The van der Waals surface area contributed by atoms with E-state index in [4.69, 9.17) is 4.74 Å². The fourth-order valence-electron chi connectivity index (χ4n) is 2.62. The molecule has 1 aliphatic heterocycles. The predicted molar refractivity (Wildman–Crippen MR) is 94.4 cm³/mol. The minimum Gasteiger partial charge on any atom is -0.476 e. The summed E-state index contributed by atoms with van der Waals surface area (Å²) in [7, 11) is 0. The first kappa shape index (κ1) is 18.8. The fourth-order valence-corrected chi connectivity index (χ4v) is 2.62. The lowest BCUT2D eigenvalue weighted by molar-refractivity contribution is -0.132. The normalized spacial score (nSPS) is 15.2. The standard InChI is InChI=1S/C18H25N3O4/c1-13(22)19-10-6-11-20-16(23)9-12-21-14-7-4-5-8-15(14)25-18(2,3)17(21)24/h4-5,7-8H,6,9-12H2,1-3H3,(H,19,22)(H,20,23). The van der Waals surface area contributed by atoms with Crippen LogP contribution in [0.25, 0.3) is 0 Å². The molecule has 2 rings (SSSR count). The second kappa shape index (κ2) is 8.00. The van der Waals surface area contributed by atoms with Crippen molar-refractivity contribution in [2.75, 3.05) is 24.5 Å². The number of nitrogens with zero attached hydrogens (tertiary/aromatic N) is 1. The van der Waals surface area contributed by atoms with Gasteiger partial charge in [0.25, 0.3) is 5.91 Å². The molecular formula is C18H25N3O4. The molecule has 0 radical (unpaired) electrons. The highest BCUT2D eigenvalue weighted by Crippen LogP contribution is 2.37. The van der Waals surface area contributed by atoms with Gasteiger partial charge in [-0.05, 0) is 32.4 Å². The molecule has 1 heterocycles. The lowest BCUT2D eigenvalue weighted by Crippen LogP contribution is -2.53. The van der Waals surface area contributed by atoms with Crippen LogP contribution in [0.1, 0.15) is 33.6 Å². The van der Waals surface area contributed by atoms with Crippen molar-refractivity contribution in [3.63, 3.8) is 0 Å². The Morgan fingerprint density at radius 2 is 1.84 bits per heavy atom. The zero-order valence-electron chi connectivity index (χ0n) is 14.9. The topological polar surface area (TPSA) is 87.7 Å². The molecule has 0 bridgehead atoms. The Morgan fingerprint density at radius 3 is 2.56 bits per heavy atom. The number of amides is 3. The molecule has 0 spiro atoms. The van der Waals surface area contributed by atoms with Crippen molar-refractivity contribution in [1.82, 2.24) is 10.6 Å². The van der Waals surface area contributed by atoms with E-state index in [1.54, 1.807) is 18.7 Å². The summed E-state index contributed by atoms with van der Waals surface area (Å²) in [5.74, 6) is 0.267. The van der Waals surface area contributed by atoms with Crippen LogP contribution in [0.4, 0.5) is 5.69 Å². The van der Waals surface area contributed by atoms with Crippen LogP contribution in [-0.4, -0.2) is 43.0 Å². The van der Waals surface area contributed by atoms with Crippen molar-refractivity contribution in [2.45, 2.75) is 39.2 Å². The van der Waals surface area contributed by atoms with Crippen molar-refractivity contribution < 1.29 is 19.1 Å². The smallest absolute Gasteiger partial charge is 0.270 e. The van der Waals surface area contributed by atoms with Crippen LogP contribution in [0, 0.1) is 0 Å². The van der Waals surface area contributed by atoms with Crippen molar-refractivity contribution >= 4 is 23.4 Å². The molecule has 7 heteroatoms. The second-order valence-electron chi connectivity index (χ2n) is 6.47. The zero-order chi connectivity index (χ0) is 18.4. The molecule has 0 saturated carbocycles. The van der Waals surface area contributed by atoms with Crippen molar-refractivity contribution in [1.29, 1.82) is 0 Å². The van der Waals surface area contributed by atoms with Crippen LogP contribution < -0.4 is 20.3 Å². The number of carbonyl (C=O) groups excluding carboxylic acids is 3. The van der Waals surface area contributed by atoms with Gasteiger partial charge >= 0.3 is 0 Å². The maximum atomic E-state index is 12.6. The number of nitrogens with one attached hydrogen (secondary N) is 2. The molecule has 1 aromatic rings. The summed E-state index contributed by atoms with van der Waals surface area (Å²) >= 11 is 0. The quantitative estimate of drug-likeness (QED) is 0.726. The van der Waals surface area contributed by atoms with E-state index in [2.05, 4.69) is 10.6 Å². The van der Waals surface area contributed by atoms with E-state index in [0.717, 1.165) is 0 Å². The Kier molecular flexibility index (Phi) is 6.01. The molecule has 136 valence electrons. The highest BCUT2D eigenvalue weighted by Gasteiger charge is 2.40. The number of hydrogen-bond donors (Lipinski definition) is 2. The number of anilines is 1. The van der Waals surface area contributed by atoms with Crippen LogP contribution in [-0.2, 0) is 14.4 Å². The summed E-state index contributed by atoms with van der Waals surface area (Å²) in [4.78, 5) is 37.0. The van der Waals surface area contributed by atoms with Gasteiger partial charge in [-0.3, -0.25) is 14.4 Å². The molecule has 1 aromatic carbocycles. The Morgan fingerprint density at radius 1 is 1.16 bits per heavy atom. The molecule has 2 N–H and O–H groups in total. The molecule has 0 saturated heterocycles. The largest absolute Gasteiger partial charge is 0.476 e. The fraction of sp³-hybridized carbons (Fsp3) is 0.500. The molecule has 0 aromatic heterocycles. The Bertz CT molecular complexity index is 657. The van der Waals surface area contributed by atoms with E-state index in [0.29, 0.717) is 37.5 Å². The van der Waals surface area contributed by atoms with Gasteiger partial charge in [0.05, 0.1) is 5.69 Å². The number of hydrogen-bond acceptors (Lipinski definition) is 4. The summed E-state index contributed by atoms with van der Waals surface area (Å²) in [5.41, 5.74) is -0.270. The Labute approximate surface area is 147 Å². The van der Waals surface area contributed by atoms with Gasteiger partial charge in [-0.1, -0.05) is 12.1 Å². The maximum absolute atomic E-state index is 12.6. The summed E-state index contributed by atoms with van der Waals surface area (Å²) in [6.07, 6.45) is 0.869. The molecule has 1 aliphatic rings. The number of fused-ring (bicyclic) bond motifs is 1. The lowest BCUT2D eigenvalue weighted by Gasteiger charge is -2.38. The zero-order valence-corrected chi connectivity index (χ0v) is 14.9. The van der Waals surface area contributed by atoms with Crippen molar-refractivity contribution in [3.8, 4) is 5.75 Å². The van der Waals surface area contributed by atoms with E-state index in [-0.39, 0.29) is 24.1 Å². The molecule has 25 heavy (non-hydrogen) atoms. The van der Waals surface area contributed by atoms with Crippen LogP contribution in [0.2, 0.25) is 0 Å². The minimum atomic E-state index is -0.955. The van der Waals surface area contributed by atoms with Gasteiger partial charge in [0.15, 0.2) is 5.60 Å². The molecule has 0 aliphatic carbocycles. The van der Waals surface area contributed by atoms with E-state index in [9.17, 15) is 14.4 Å². The number of ether oxygens (including phenoxy) is 1. The summed E-state index contributed by atoms with van der Waals surface area (Å²) in [6, 6.07) is 7.32. The highest BCUT2D eigenvalue weighted by atomic mass is 16.5. The molecule has 3 amide bonds. The summed E-state index contributed by atoms with van der Waals surface area (Å²) in [6.45, 7) is 6.20. The minimum absolute atomic E-state index is 0.0848. The van der Waals surface area contributed by atoms with Gasteiger partial charge < -0.3 is 20.3 Å². The second-order valence-corrected chi connectivity index (χ2v) is 6.47. The first-order valence-electron chi connectivity index (χ1n) is 8.42. The molecule has 0 fully saturated rings. The SMILES string of the molecule is CC(=O)NCCCNC(=O)CCN1C(=O)C(C)(C)Oc2ccccc21. The van der Waals surface area contributed by atoms with Gasteiger partial charge in [0, 0.05) is 33.0 Å². The summed E-state index contributed by atoms with van der Waals surface area (Å²) in [5, 5.41) is 5.47. The van der Waals surface area contributed by atoms with Gasteiger partial charge in [0.1, 0.15) is 5.75 Å². The average molecular weight is 347 g/mol. The van der Waals surface area contributed by atoms with E-state index < -0.39 is 5.60 Å². The molecular weight excluding hydrogens is 322 g/mol. The van der Waals surface area contributed by atoms with E-state index in [1.807, 2.05) is 24.3 Å². The maximum Gasteiger partial charge on any atom is 0.270 e. The predicted octanol–water partition coefficient (Wildman–Crippen LogP) is 1.22. The Balaban J connectivity index is 1.88. The van der Waals surface area contributed by atoms with Crippen molar-refractivity contribution in [3.05, 3.63) is 24.3 Å². The average Bonchev–Trinajstić information content (AvgIpc) is 2.54. The van der Waals surface area contributed by atoms with Gasteiger partial charge in [-0.15, -0.1) is 0 Å². The number of carbonyl (C=O) groups is 3.